The maximum atomic E-state index is 12.2. The Kier molecular flexibility index (Phi) is 4.59. The molecule has 1 atom stereocenters. The van der Waals surface area contributed by atoms with Crippen LogP contribution in [0.25, 0.3) is 0 Å². The summed E-state index contributed by atoms with van der Waals surface area (Å²) in [6.45, 7) is 3.74. The van der Waals surface area contributed by atoms with Crippen molar-refractivity contribution in [1.82, 2.24) is 10.0 Å². The van der Waals surface area contributed by atoms with Crippen LogP contribution in [0.5, 0.6) is 0 Å². The fourth-order valence-electron chi connectivity index (χ4n) is 2.84. The molecule has 0 aliphatic carbocycles. The molecule has 0 unspecified atom stereocenters. The summed E-state index contributed by atoms with van der Waals surface area (Å²) in [5, 5.41) is 2.88. The lowest BCUT2D eigenvalue weighted by Crippen LogP contribution is -2.30. The fraction of sp³-hybridized carbons (Fsp3) is 0.222. The Labute approximate surface area is 147 Å². The smallest absolute Gasteiger partial charge is 0.263 e. The molecule has 2 aromatic carbocycles. The molecule has 0 fully saturated rings. The number of carbonyl (C=O) groups is 1. The molecular weight excluding hydrogens is 338 g/mol. The number of sulfonamides is 1. The van der Waals surface area contributed by atoms with E-state index in [1.807, 2.05) is 38.1 Å². The lowest BCUT2D eigenvalue weighted by atomic mass is 10.0. The number of nitrogens with zero attached hydrogens (tertiary/aromatic N) is 1. The number of nitrogens with one attached hydrogen (secondary N) is 2. The highest BCUT2D eigenvalue weighted by Gasteiger charge is 2.30. The third-order valence-corrected chi connectivity index (χ3v) is 5.47. The van der Waals surface area contributed by atoms with Gasteiger partial charge in [-0.1, -0.05) is 36.4 Å². The molecule has 1 aliphatic rings. The lowest BCUT2D eigenvalue weighted by Gasteiger charge is -2.16. The zero-order valence-corrected chi connectivity index (χ0v) is 14.8. The zero-order valence-electron chi connectivity index (χ0n) is 14.0. The molecule has 0 saturated heterocycles. The minimum absolute atomic E-state index is 0.150. The van der Waals surface area contributed by atoms with Gasteiger partial charge in [0.25, 0.3) is 10.0 Å². The molecule has 7 heteroatoms. The Morgan fingerprint density at radius 3 is 2.60 bits per heavy atom. The van der Waals surface area contributed by atoms with E-state index in [0.29, 0.717) is 5.56 Å². The number of carbonyl (C=O) groups excluding carboxylic acids is 1. The van der Waals surface area contributed by atoms with Gasteiger partial charge in [0.05, 0.1) is 10.9 Å². The third-order valence-electron chi connectivity index (χ3n) is 4.08. The Balaban J connectivity index is 1.71. The highest BCUT2D eigenvalue weighted by Crippen LogP contribution is 2.22. The summed E-state index contributed by atoms with van der Waals surface area (Å²) in [6, 6.07) is 14.2. The topological polar surface area (TPSA) is 87.6 Å². The van der Waals surface area contributed by atoms with E-state index in [1.54, 1.807) is 18.2 Å². The summed E-state index contributed by atoms with van der Waals surface area (Å²) in [4.78, 5) is 16.5. The maximum Gasteiger partial charge on any atom is 0.263 e. The molecule has 1 heterocycles. The van der Waals surface area contributed by atoms with Crippen LogP contribution in [0.1, 0.15) is 29.7 Å². The normalized spacial score (nSPS) is 17.6. The quantitative estimate of drug-likeness (QED) is 0.876. The van der Waals surface area contributed by atoms with E-state index in [9.17, 15) is 13.2 Å². The van der Waals surface area contributed by atoms with E-state index >= 15 is 0 Å². The van der Waals surface area contributed by atoms with E-state index in [1.165, 1.54) is 6.07 Å². The number of hydrogen-bond donors (Lipinski definition) is 2. The number of rotatable bonds is 4. The van der Waals surface area contributed by atoms with Gasteiger partial charge in [-0.15, -0.1) is 0 Å². The van der Waals surface area contributed by atoms with Gasteiger partial charge in [0, 0.05) is 5.56 Å². The third kappa shape index (κ3) is 3.56. The number of aliphatic imine (C=N–C) groups is 1. The van der Waals surface area contributed by atoms with Crippen molar-refractivity contribution in [1.29, 1.82) is 0 Å². The minimum Gasteiger partial charge on any atom is -0.348 e. The molecule has 3 rings (SSSR count). The van der Waals surface area contributed by atoms with Crippen LogP contribution in [-0.4, -0.2) is 26.7 Å². The van der Waals surface area contributed by atoms with Crippen molar-refractivity contribution in [3.8, 4) is 0 Å². The van der Waals surface area contributed by atoms with Gasteiger partial charge in [0.2, 0.25) is 5.91 Å². The van der Waals surface area contributed by atoms with Gasteiger partial charge in [-0.25, -0.2) is 8.42 Å². The van der Waals surface area contributed by atoms with E-state index in [-0.39, 0.29) is 29.2 Å². The van der Waals surface area contributed by atoms with Crippen LogP contribution < -0.4 is 10.0 Å². The molecular formula is C18H19N3O3S. The van der Waals surface area contributed by atoms with E-state index < -0.39 is 10.0 Å². The van der Waals surface area contributed by atoms with Gasteiger partial charge < -0.3 is 5.32 Å². The summed E-state index contributed by atoms with van der Waals surface area (Å²) in [7, 11) is -3.59. The van der Waals surface area contributed by atoms with Crippen molar-refractivity contribution in [2.45, 2.75) is 24.8 Å². The van der Waals surface area contributed by atoms with Gasteiger partial charge in [0.15, 0.2) is 0 Å². The Bertz CT molecular complexity index is 952. The average molecular weight is 357 g/mol. The molecule has 6 nitrogen and oxygen atoms in total. The summed E-state index contributed by atoms with van der Waals surface area (Å²) in [6.07, 6.45) is 0. The first-order valence-electron chi connectivity index (χ1n) is 7.90. The number of amides is 1. The Morgan fingerprint density at radius 1 is 1.16 bits per heavy atom. The molecule has 130 valence electrons. The number of aryl methyl sites for hydroxylation is 1. The van der Waals surface area contributed by atoms with Crippen LogP contribution in [0.15, 0.2) is 58.4 Å². The van der Waals surface area contributed by atoms with Gasteiger partial charge in [-0.2, -0.15) is 0 Å². The van der Waals surface area contributed by atoms with Gasteiger partial charge >= 0.3 is 0 Å². The van der Waals surface area contributed by atoms with Gasteiger partial charge in [0.1, 0.15) is 12.4 Å². The number of hydrogen-bond acceptors (Lipinski definition) is 4. The first kappa shape index (κ1) is 17.2. The highest BCUT2D eigenvalue weighted by molar-refractivity contribution is 7.90. The van der Waals surface area contributed by atoms with E-state index in [0.717, 1.165) is 11.1 Å². The summed E-state index contributed by atoms with van der Waals surface area (Å²) in [5.74, 6) is -0.0684. The van der Waals surface area contributed by atoms with Crippen LogP contribution in [0, 0.1) is 6.92 Å². The first-order chi connectivity index (χ1) is 11.9. The predicted molar refractivity (Wildman–Crippen MR) is 95.9 cm³/mol. The number of fused-ring (bicyclic) bond motifs is 1. The summed E-state index contributed by atoms with van der Waals surface area (Å²) < 4.78 is 26.4. The second kappa shape index (κ2) is 6.68. The van der Waals surface area contributed by atoms with Gasteiger partial charge in [-0.3, -0.25) is 14.5 Å². The Morgan fingerprint density at radius 2 is 1.84 bits per heavy atom. The van der Waals surface area contributed by atoms with Crippen LogP contribution in [-0.2, 0) is 14.8 Å². The molecule has 1 amide bonds. The van der Waals surface area contributed by atoms with Gasteiger partial charge in [-0.05, 0) is 37.1 Å². The van der Waals surface area contributed by atoms with E-state index in [2.05, 4.69) is 15.0 Å². The molecule has 0 aromatic heterocycles. The second-order valence-electron chi connectivity index (χ2n) is 5.91. The predicted octanol–water partition coefficient (Wildman–Crippen LogP) is 1.91. The monoisotopic (exact) mass is 357 g/mol. The largest absolute Gasteiger partial charge is 0.348 e. The van der Waals surface area contributed by atoms with Crippen molar-refractivity contribution in [3.05, 3.63) is 65.2 Å². The number of amidine groups is 1. The molecule has 25 heavy (non-hydrogen) atoms. The lowest BCUT2D eigenvalue weighted by molar-refractivity contribution is -0.120. The SMILES string of the molecule is Cc1ccccc1[C@@H](C)NC(=O)CN=C1NS(=O)(=O)c2ccccc21. The highest BCUT2D eigenvalue weighted by atomic mass is 32.2. The minimum atomic E-state index is -3.59. The first-order valence-corrected chi connectivity index (χ1v) is 9.38. The second-order valence-corrected chi connectivity index (χ2v) is 7.56. The van der Waals surface area contributed by atoms with Crippen LogP contribution in [0.3, 0.4) is 0 Å². The molecule has 2 aromatic rings. The van der Waals surface area contributed by atoms with Crippen LogP contribution in [0.4, 0.5) is 0 Å². The average Bonchev–Trinajstić information content (AvgIpc) is 2.84. The number of benzene rings is 2. The van der Waals surface area contributed by atoms with Crippen molar-refractivity contribution in [2.24, 2.45) is 4.99 Å². The molecule has 0 saturated carbocycles. The van der Waals surface area contributed by atoms with Crippen molar-refractivity contribution < 1.29 is 13.2 Å². The Hall–Kier alpha value is -2.67. The maximum absolute atomic E-state index is 12.2. The molecule has 1 aliphatic heterocycles. The van der Waals surface area contributed by atoms with E-state index in [4.69, 9.17) is 0 Å². The van der Waals surface area contributed by atoms with Crippen molar-refractivity contribution in [3.63, 3.8) is 0 Å². The van der Waals surface area contributed by atoms with Crippen molar-refractivity contribution >= 4 is 21.8 Å². The molecule has 0 bridgehead atoms. The van der Waals surface area contributed by atoms with Crippen molar-refractivity contribution in [2.75, 3.05) is 6.54 Å². The molecule has 0 radical (unpaired) electrons. The van der Waals surface area contributed by atoms with Crippen LogP contribution >= 0.6 is 0 Å². The fourth-order valence-corrected chi connectivity index (χ4v) is 4.09. The summed E-state index contributed by atoms with van der Waals surface area (Å²) >= 11 is 0. The zero-order chi connectivity index (χ0) is 18.0. The molecule has 0 spiro atoms. The summed E-state index contributed by atoms with van der Waals surface area (Å²) in [5.41, 5.74) is 2.62. The van der Waals surface area contributed by atoms with Crippen LogP contribution in [0.2, 0.25) is 0 Å². The molecule has 2 N–H and O–H groups in total. The standard InChI is InChI=1S/C18H19N3O3S/c1-12-7-3-4-8-14(12)13(2)20-17(22)11-19-18-15-9-5-6-10-16(15)25(23,24)21-18/h3-10,13H,11H2,1-2H3,(H,19,21)(H,20,22)/t13-/m1/s1.